The van der Waals surface area contributed by atoms with Crippen molar-refractivity contribution in [2.45, 2.75) is 66.7 Å². The Bertz CT molecular complexity index is 1060. The predicted molar refractivity (Wildman–Crippen MR) is 147 cm³/mol. The normalized spacial score (nSPS) is 16.7. The fourth-order valence-electron chi connectivity index (χ4n) is 4.93. The maximum absolute atomic E-state index is 13.0. The SMILES string of the molecule is CCC(C)CCC=Nc1c(-c2ccc(OC)c(C)c2)cc(N2CC[C@H](CC)C2)c(C(=O)OC)c1C. The van der Waals surface area contributed by atoms with E-state index in [1.54, 1.807) is 7.11 Å². The molecule has 1 fully saturated rings. The van der Waals surface area contributed by atoms with Crippen LogP contribution in [0.4, 0.5) is 11.4 Å². The first-order chi connectivity index (χ1) is 16.8. The second-order valence-electron chi connectivity index (χ2n) is 9.88. The molecule has 0 N–H and O–H groups in total. The van der Waals surface area contributed by atoms with Crippen LogP contribution in [-0.4, -0.2) is 39.5 Å². The van der Waals surface area contributed by atoms with Crippen molar-refractivity contribution in [1.29, 1.82) is 0 Å². The molecule has 1 aliphatic heterocycles. The minimum Gasteiger partial charge on any atom is -0.496 e. The van der Waals surface area contributed by atoms with Gasteiger partial charge in [0.15, 0.2) is 0 Å². The molecular weight excluding hydrogens is 436 g/mol. The van der Waals surface area contributed by atoms with Gasteiger partial charge in [-0.25, -0.2) is 4.79 Å². The number of nitrogens with zero attached hydrogens (tertiary/aromatic N) is 2. The zero-order chi connectivity index (χ0) is 25.5. The zero-order valence-corrected chi connectivity index (χ0v) is 22.6. The van der Waals surface area contributed by atoms with Gasteiger partial charge in [-0.1, -0.05) is 39.7 Å². The summed E-state index contributed by atoms with van der Waals surface area (Å²) in [6, 6.07) is 8.39. The largest absolute Gasteiger partial charge is 0.496 e. The van der Waals surface area contributed by atoms with Gasteiger partial charge in [0.05, 0.1) is 31.2 Å². The van der Waals surface area contributed by atoms with Gasteiger partial charge in [-0.05, 0) is 79.8 Å². The summed E-state index contributed by atoms with van der Waals surface area (Å²) in [5.41, 5.74) is 6.48. The first kappa shape index (κ1) is 26.8. The number of ether oxygens (including phenoxy) is 2. The first-order valence-corrected chi connectivity index (χ1v) is 13.0. The Morgan fingerprint density at radius 3 is 2.60 bits per heavy atom. The number of hydrogen-bond acceptors (Lipinski definition) is 5. The third-order valence-corrected chi connectivity index (χ3v) is 7.53. The van der Waals surface area contributed by atoms with Gasteiger partial charge in [0, 0.05) is 24.9 Å². The molecule has 0 spiro atoms. The lowest BCUT2D eigenvalue weighted by molar-refractivity contribution is 0.0600. The van der Waals surface area contributed by atoms with Crippen molar-refractivity contribution in [3.05, 3.63) is 41.0 Å². The van der Waals surface area contributed by atoms with E-state index in [-0.39, 0.29) is 5.97 Å². The van der Waals surface area contributed by atoms with Crippen LogP contribution >= 0.6 is 0 Å². The van der Waals surface area contributed by atoms with Crippen molar-refractivity contribution < 1.29 is 14.3 Å². The van der Waals surface area contributed by atoms with Crippen molar-refractivity contribution in [2.75, 3.05) is 32.2 Å². The van der Waals surface area contributed by atoms with Crippen LogP contribution in [-0.2, 0) is 4.74 Å². The maximum atomic E-state index is 13.0. The molecule has 0 aliphatic carbocycles. The van der Waals surface area contributed by atoms with E-state index in [1.165, 1.54) is 13.5 Å². The summed E-state index contributed by atoms with van der Waals surface area (Å²) in [7, 11) is 3.15. The molecule has 2 aromatic carbocycles. The molecule has 0 saturated carbocycles. The lowest BCUT2D eigenvalue weighted by Crippen LogP contribution is -2.23. The Labute approximate surface area is 211 Å². The van der Waals surface area contributed by atoms with E-state index in [0.29, 0.717) is 17.4 Å². The molecule has 1 unspecified atom stereocenters. The Balaban J connectivity index is 2.18. The van der Waals surface area contributed by atoms with E-state index in [9.17, 15) is 4.79 Å². The minimum atomic E-state index is -0.300. The highest BCUT2D eigenvalue weighted by molar-refractivity contribution is 6.02. The van der Waals surface area contributed by atoms with Crippen LogP contribution in [0.5, 0.6) is 5.75 Å². The number of carbonyl (C=O) groups excluding carboxylic acids is 1. The molecule has 1 heterocycles. The zero-order valence-electron chi connectivity index (χ0n) is 22.6. The fraction of sp³-hybridized carbons (Fsp3) is 0.533. The molecule has 5 nitrogen and oxygen atoms in total. The average Bonchev–Trinajstić information content (AvgIpc) is 3.35. The molecule has 2 aromatic rings. The summed E-state index contributed by atoms with van der Waals surface area (Å²) >= 11 is 0. The van der Waals surface area contributed by atoms with Crippen molar-refractivity contribution >= 4 is 23.6 Å². The molecule has 0 bridgehead atoms. The topological polar surface area (TPSA) is 51.1 Å². The average molecular weight is 479 g/mol. The summed E-state index contributed by atoms with van der Waals surface area (Å²) in [5, 5.41) is 0. The monoisotopic (exact) mass is 478 g/mol. The molecule has 2 atom stereocenters. The fourth-order valence-corrected chi connectivity index (χ4v) is 4.93. The van der Waals surface area contributed by atoms with Gasteiger partial charge in [-0.15, -0.1) is 0 Å². The van der Waals surface area contributed by atoms with Gasteiger partial charge in [0.2, 0.25) is 0 Å². The van der Waals surface area contributed by atoms with Crippen molar-refractivity contribution in [3.8, 4) is 16.9 Å². The Morgan fingerprint density at radius 2 is 2.00 bits per heavy atom. The Hall–Kier alpha value is -2.82. The molecule has 1 aliphatic rings. The lowest BCUT2D eigenvalue weighted by atomic mass is 9.93. The number of anilines is 1. The van der Waals surface area contributed by atoms with E-state index in [1.807, 2.05) is 19.2 Å². The van der Waals surface area contributed by atoms with Crippen molar-refractivity contribution in [3.63, 3.8) is 0 Å². The van der Waals surface area contributed by atoms with Crippen LogP contribution in [0, 0.1) is 25.7 Å². The van der Waals surface area contributed by atoms with E-state index >= 15 is 0 Å². The summed E-state index contributed by atoms with van der Waals surface area (Å²) in [6.07, 6.45) is 7.48. The van der Waals surface area contributed by atoms with E-state index in [2.05, 4.69) is 50.8 Å². The third kappa shape index (κ3) is 6.06. The highest BCUT2D eigenvalue weighted by Gasteiger charge is 2.29. The summed E-state index contributed by atoms with van der Waals surface area (Å²) < 4.78 is 10.8. The van der Waals surface area contributed by atoms with E-state index in [4.69, 9.17) is 14.5 Å². The Kier molecular flexibility index (Phi) is 9.36. The van der Waals surface area contributed by atoms with Gasteiger partial charge >= 0.3 is 5.97 Å². The number of esters is 1. The highest BCUT2D eigenvalue weighted by atomic mass is 16.5. The maximum Gasteiger partial charge on any atom is 0.340 e. The molecule has 0 radical (unpaired) electrons. The van der Waals surface area contributed by atoms with Gasteiger partial charge in [0.1, 0.15) is 5.75 Å². The summed E-state index contributed by atoms with van der Waals surface area (Å²) in [6.45, 7) is 12.7. The Morgan fingerprint density at radius 1 is 1.23 bits per heavy atom. The lowest BCUT2D eigenvalue weighted by Gasteiger charge is -2.25. The minimum absolute atomic E-state index is 0.300. The van der Waals surface area contributed by atoms with Crippen LogP contribution in [0.3, 0.4) is 0 Å². The predicted octanol–water partition coefficient (Wildman–Crippen LogP) is 7.53. The molecule has 3 rings (SSSR count). The van der Waals surface area contributed by atoms with Gasteiger partial charge in [-0.3, -0.25) is 4.99 Å². The van der Waals surface area contributed by atoms with Gasteiger partial charge < -0.3 is 14.4 Å². The number of aryl methyl sites for hydroxylation is 1. The van der Waals surface area contributed by atoms with E-state index < -0.39 is 0 Å². The van der Waals surface area contributed by atoms with Crippen molar-refractivity contribution in [2.24, 2.45) is 16.8 Å². The van der Waals surface area contributed by atoms with Crippen molar-refractivity contribution in [1.82, 2.24) is 0 Å². The standard InChI is InChI=1S/C30H42N2O3/c1-8-20(3)11-10-15-31-29-22(5)28(30(33)35-7)26(32-16-14-23(9-2)19-32)18-25(29)24-12-13-27(34-6)21(4)17-24/h12-13,15,17-18,20,23H,8-11,14,16,19H2,1-7H3/t20?,23-/m0/s1. The third-order valence-electron chi connectivity index (χ3n) is 7.53. The number of aliphatic imine (C=N–C) groups is 1. The smallest absolute Gasteiger partial charge is 0.340 e. The van der Waals surface area contributed by atoms with Crippen LogP contribution in [0.2, 0.25) is 0 Å². The number of benzene rings is 2. The molecule has 190 valence electrons. The van der Waals surface area contributed by atoms with Gasteiger partial charge in [-0.2, -0.15) is 0 Å². The van der Waals surface area contributed by atoms with Crippen LogP contribution in [0.1, 0.15) is 74.4 Å². The second kappa shape index (κ2) is 12.2. The quantitative estimate of drug-likeness (QED) is 0.262. The van der Waals surface area contributed by atoms with Gasteiger partial charge in [0.25, 0.3) is 0 Å². The number of methoxy groups -OCH3 is 2. The molecule has 5 heteroatoms. The van der Waals surface area contributed by atoms with Crippen LogP contribution in [0.15, 0.2) is 29.3 Å². The van der Waals surface area contributed by atoms with Crippen LogP contribution in [0.25, 0.3) is 11.1 Å². The molecule has 35 heavy (non-hydrogen) atoms. The first-order valence-electron chi connectivity index (χ1n) is 13.0. The summed E-state index contributed by atoms with van der Waals surface area (Å²) in [5.74, 6) is 1.87. The number of hydrogen-bond donors (Lipinski definition) is 0. The molecular formula is C30H42N2O3. The molecule has 1 saturated heterocycles. The summed E-state index contributed by atoms with van der Waals surface area (Å²) in [4.78, 5) is 20.3. The number of carbonyl (C=O) groups is 1. The molecule has 0 aromatic heterocycles. The molecule has 0 amide bonds. The second-order valence-corrected chi connectivity index (χ2v) is 9.88. The highest BCUT2D eigenvalue weighted by Crippen LogP contribution is 2.43. The van der Waals surface area contributed by atoms with E-state index in [0.717, 1.165) is 78.2 Å². The number of rotatable bonds is 10. The van der Waals surface area contributed by atoms with Crippen LogP contribution < -0.4 is 9.64 Å².